The third-order valence-corrected chi connectivity index (χ3v) is 6.92. The zero-order valence-corrected chi connectivity index (χ0v) is 17.1. The molecule has 1 spiro atoms. The van der Waals surface area contributed by atoms with E-state index in [-0.39, 0.29) is 23.8 Å². The van der Waals surface area contributed by atoms with E-state index in [2.05, 4.69) is 23.1 Å². The number of piperidine rings is 2. The number of aliphatic hydroxyl groups is 1. The van der Waals surface area contributed by atoms with Crippen molar-refractivity contribution in [1.82, 2.24) is 19.6 Å². The maximum absolute atomic E-state index is 12.2. The quantitative estimate of drug-likeness (QED) is 0.839. The summed E-state index contributed by atoms with van der Waals surface area (Å²) in [4.78, 5) is 16.7. The number of amides is 1. The summed E-state index contributed by atoms with van der Waals surface area (Å²) < 4.78 is 1.89. The van der Waals surface area contributed by atoms with Crippen molar-refractivity contribution in [3.8, 4) is 0 Å². The van der Waals surface area contributed by atoms with Gasteiger partial charge in [-0.05, 0) is 50.9 Å². The molecule has 3 rings (SSSR count). The van der Waals surface area contributed by atoms with Crippen LogP contribution in [0.5, 0.6) is 0 Å². The summed E-state index contributed by atoms with van der Waals surface area (Å²) in [6.07, 6.45) is 7.33. The largest absolute Gasteiger partial charge is 0.396 e. The lowest BCUT2D eigenvalue weighted by Crippen LogP contribution is -2.54. The molecule has 1 aromatic rings. The van der Waals surface area contributed by atoms with Gasteiger partial charge in [0.05, 0.1) is 11.4 Å². The first kappa shape index (κ1) is 19.7. The number of carbonyl (C=O) groups excluding carboxylic acids is 1. The summed E-state index contributed by atoms with van der Waals surface area (Å²) in [5, 5.41) is 14.5. The van der Waals surface area contributed by atoms with Gasteiger partial charge in [-0.1, -0.05) is 0 Å². The van der Waals surface area contributed by atoms with Crippen LogP contribution >= 0.6 is 11.8 Å². The Bertz CT molecular complexity index is 625. The molecule has 3 heterocycles. The Morgan fingerprint density at radius 1 is 1.35 bits per heavy atom. The number of aromatic nitrogens is 2. The molecule has 1 N–H and O–H groups in total. The van der Waals surface area contributed by atoms with E-state index >= 15 is 0 Å². The second-order valence-electron chi connectivity index (χ2n) is 7.95. The fourth-order valence-electron chi connectivity index (χ4n) is 4.66. The molecule has 1 aromatic heterocycles. The van der Waals surface area contributed by atoms with E-state index in [1.165, 1.54) is 5.56 Å². The van der Waals surface area contributed by atoms with Crippen molar-refractivity contribution in [2.75, 3.05) is 44.8 Å². The van der Waals surface area contributed by atoms with Gasteiger partial charge in [-0.15, -0.1) is 0 Å². The minimum absolute atomic E-state index is 0.185. The summed E-state index contributed by atoms with van der Waals surface area (Å²) in [7, 11) is 1.97. The van der Waals surface area contributed by atoms with Crippen LogP contribution in [0.4, 0.5) is 0 Å². The second-order valence-corrected chi connectivity index (χ2v) is 8.82. The topological polar surface area (TPSA) is 61.6 Å². The van der Waals surface area contributed by atoms with E-state index in [0.29, 0.717) is 5.75 Å². The third-order valence-electron chi connectivity index (χ3n) is 6.39. The fourth-order valence-corrected chi connectivity index (χ4v) is 5.09. The molecule has 1 atom stereocenters. The molecule has 0 aromatic carbocycles. The summed E-state index contributed by atoms with van der Waals surface area (Å²) in [5.74, 6) is 0.975. The SMILES string of the molecule is CSCC(=O)N1CCC2(CCN(Cc3cn(C)nc3C)CC2)[C@@H](CO)C1. The highest BCUT2D eigenvalue weighted by molar-refractivity contribution is 7.99. The predicted molar refractivity (Wildman–Crippen MR) is 105 cm³/mol. The van der Waals surface area contributed by atoms with Gasteiger partial charge in [0.2, 0.25) is 5.91 Å². The van der Waals surface area contributed by atoms with Crippen LogP contribution in [0, 0.1) is 18.3 Å². The maximum Gasteiger partial charge on any atom is 0.232 e. The van der Waals surface area contributed by atoms with Crippen molar-refractivity contribution >= 4 is 17.7 Å². The van der Waals surface area contributed by atoms with E-state index < -0.39 is 0 Å². The van der Waals surface area contributed by atoms with Crippen LogP contribution in [0.1, 0.15) is 30.5 Å². The highest BCUT2D eigenvalue weighted by Crippen LogP contribution is 2.45. The van der Waals surface area contributed by atoms with Crippen LogP contribution in [0.3, 0.4) is 0 Å². The smallest absolute Gasteiger partial charge is 0.232 e. The highest BCUT2D eigenvalue weighted by atomic mass is 32.2. The summed E-state index contributed by atoms with van der Waals surface area (Å²) >= 11 is 1.58. The normalized spacial score (nSPS) is 23.5. The van der Waals surface area contributed by atoms with Gasteiger partial charge >= 0.3 is 0 Å². The number of hydrogen-bond donors (Lipinski definition) is 1. The average molecular weight is 381 g/mol. The molecule has 2 aliphatic rings. The molecule has 2 aliphatic heterocycles. The van der Waals surface area contributed by atoms with Crippen LogP contribution in [0.15, 0.2) is 6.20 Å². The Hall–Kier alpha value is -1.05. The van der Waals surface area contributed by atoms with E-state index in [9.17, 15) is 9.90 Å². The van der Waals surface area contributed by atoms with Gasteiger partial charge in [-0.25, -0.2) is 0 Å². The molecule has 0 radical (unpaired) electrons. The molecular weight excluding hydrogens is 348 g/mol. The van der Waals surface area contributed by atoms with Gasteiger partial charge in [-0.2, -0.15) is 16.9 Å². The Morgan fingerprint density at radius 3 is 2.62 bits per heavy atom. The van der Waals surface area contributed by atoms with Crippen molar-refractivity contribution in [2.45, 2.75) is 32.7 Å². The monoisotopic (exact) mass is 380 g/mol. The van der Waals surface area contributed by atoms with Gasteiger partial charge in [0.15, 0.2) is 0 Å². The van der Waals surface area contributed by atoms with E-state index in [0.717, 1.165) is 57.7 Å². The molecule has 0 bridgehead atoms. The Kier molecular flexibility index (Phi) is 6.30. The number of aliphatic hydroxyl groups excluding tert-OH is 1. The predicted octanol–water partition coefficient (Wildman–Crippen LogP) is 1.51. The van der Waals surface area contributed by atoms with Gasteiger partial charge < -0.3 is 10.0 Å². The summed E-state index contributed by atoms with van der Waals surface area (Å²) in [6, 6.07) is 0. The molecule has 26 heavy (non-hydrogen) atoms. The van der Waals surface area contributed by atoms with Crippen LogP contribution < -0.4 is 0 Å². The van der Waals surface area contributed by atoms with Gasteiger partial charge in [0.1, 0.15) is 0 Å². The van der Waals surface area contributed by atoms with Gasteiger partial charge in [0, 0.05) is 51.0 Å². The van der Waals surface area contributed by atoms with E-state index in [1.807, 2.05) is 22.9 Å². The first-order valence-electron chi connectivity index (χ1n) is 9.56. The average Bonchev–Trinajstić information content (AvgIpc) is 2.94. The molecule has 1 amide bonds. The van der Waals surface area contributed by atoms with E-state index in [1.54, 1.807) is 11.8 Å². The molecule has 0 saturated carbocycles. The molecular formula is C19H32N4O2S. The van der Waals surface area contributed by atoms with E-state index in [4.69, 9.17) is 0 Å². The minimum Gasteiger partial charge on any atom is -0.396 e. The molecule has 2 saturated heterocycles. The first-order chi connectivity index (χ1) is 12.5. The number of rotatable bonds is 5. The van der Waals surface area contributed by atoms with Crippen LogP contribution in [-0.2, 0) is 18.4 Å². The Labute approximate surface area is 160 Å². The van der Waals surface area contributed by atoms with Crippen LogP contribution in [0.2, 0.25) is 0 Å². The molecule has 0 unspecified atom stereocenters. The lowest BCUT2D eigenvalue weighted by atomic mass is 9.64. The third kappa shape index (κ3) is 4.10. The zero-order chi connectivity index (χ0) is 18.7. The standard InChI is InChI=1S/C19H32N4O2S/c1-15-16(10-21(2)20-15)11-22-7-4-19(5-8-22)6-9-23(12-17(19)13-24)18(25)14-26-3/h10,17,24H,4-9,11-14H2,1-3H3/t17-/m1/s1. The first-order valence-corrected chi connectivity index (χ1v) is 11.0. The van der Waals surface area contributed by atoms with Crippen molar-refractivity contribution in [3.63, 3.8) is 0 Å². The van der Waals surface area contributed by atoms with Crippen molar-refractivity contribution < 1.29 is 9.90 Å². The summed E-state index contributed by atoms with van der Waals surface area (Å²) in [5.41, 5.74) is 2.62. The number of likely N-dealkylation sites (tertiary alicyclic amines) is 2. The van der Waals surface area contributed by atoms with Crippen LogP contribution in [-0.4, -0.2) is 75.4 Å². The molecule has 6 nitrogen and oxygen atoms in total. The van der Waals surface area contributed by atoms with Crippen molar-refractivity contribution in [3.05, 3.63) is 17.5 Å². The minimum atomic E-state index is 0.185. The highest BCUT2D eigenvalue weighted by Gasteiger charge is 2.45. The zero-order valence-electron chi connectivity index (χ0n) is 16.3. The lowest BCUT2D eigenvalue weighted by molar-refractivity contribution is -0.135. The molecule has 7 heteroatoms. The summed E-state index contributed by atoms with van der Waals surface area (Å²) in [6.45, 7) is 6.90. The number of hydrogen-bond acceptors (Lipinski definition) is 5. The van der Waals surface area contributed by atoms with Gasteiger partial charge in [-0.3, -0.25) is 14.4 Å². The molecule has 146 valence electrons. The van der Waals surface area contributed by atoms with Crippen molar-refractivity contribution in [2.24, 2.45) is 18.4 Å². The molecule has 2 fully saturated rings. The molecule has 0 aliphatic carbocycles. The van der Waals surface area contributed by atoms with Gasteiger partial charge in [0.25, 0.3) is 0 Å². The Balaban J connectivity index is 1.58. The fraction of sp³-hybridized carbons (Fsp3) is 0.789. The van der Waals surface area contributed by atoms with Crippen molar-refractivity contribution in [1.29, 1.82) is 0 Å². The Morgan fingerprint density at radius 2 is 2.04 bits per heavy atom. The maximum atomic E-state index is 12.2. The van der Waals surface area contributed by atoms with Crippen LogP contribution in [0.25, 0.3) is 0 Å². The lowest BCUT2D eigenvalue weighted by Gasteiger charge is -2.51. The second kappa shape index (κ2) is 8.31. The number of carbonyl (C=O) groups is 1. The number of nitrogens with zero attached hydrogens (tertiary/aromatic N) is 4. The number of aryl methyl sites for hydroxylation is 2. The number of thioether (sulfide) groups is 1.